The van der Waals surface area contributed by atoms with Crippen molar-refractivity contribution in [1.29, 1.82) is 0 Å². The second-order valence-electron chi connectivity index (χ2n) is 5.93. The van der Waals surface area contributed by atoms with Gasteiger partial charge in [-0.2, -0.15) is 0 Å². The van der Waals surface area contributed by atoms with Crippen LogP contribution in [0.5, 0.6) is 0 Å². The van der Waals surface area contributed by atoms with E-state index >= 15 is 0 Å². The third-order valence-electron chi connectivity index (χ3n) is 3.95. The average Bonchev–Trinajstić information content (AvgIpc) is 2.32. The van der Waals surface area contributed by atoms with Gasteiger partial charge in [0.25, 0.3) is 0 Å². The van der Waals surface area contributed by atoms with E-state index in [0.717, 1.165) is 24.5 Å². The molecule has 2 N–H and O–H groups in total. The van der Waals surface area contributed by atoms with Gasteiger partial charge in [-0.3, -0.25) is 0 Å². The van der Waals surface area contributed by atoms with Gasteiger partial charge < -0.3 is 10.6 Å². The monoisotopic (exact) mass is 266 g/mol. The molecule has 0 aromatic heterocycles. The predicted octanol–water partition coefficient (Wildman–Crippen LogP) is 3.47. The molecule has 2 nitrogen and oxygen atoms in total. The van der Waals surface area contributed by atoms with Crippen LogP contribution >= 0.6 is 11.6 Å². The van der Waals surface area contributed by atoms with Crippen LogP contribution in [0.15, 0.2) is 18.2 Å². The summed E-state index contributed by atoms with van der Waals surface area (Å²) in [6.45, 7) is 7.58. The molecule has 0 unspecified atom stereocenters. The molecule has 1 aromatic carbocycles. The van der Waals surface area contributed by atoms with Crippen LogP contribution in [-0.2, 0) is 6.42 Å². The van der Waals surface area contributed by atoms with Crippen LogP contribution in [0.3, 0.4) is 0 Å². The quantitative estimate of drug-likeness (QED) is 0.908. The Hall–Kier alpha value is -0.730. The van der Waals surface area contributed by atoms with E-state index < -0.39 is 0 Å². The van der Waals surface area contributed by atoms with Gasteiger partial charge in [-0.05, 0) is 48.9 Å². The maximum absolute atomic E-state index is 6.30. The number of piperidine rings is 1. The summed E-state index contributed by atoms with van der Waals surface area (Å²) in [5.74, 6) is 0. The summed E-state index contributed by atoms with van der Waals surface area (Å²) in [5, 5.41) is 0.850. The first-order valence-electron chi connectivity index (χ1n) is 6.76. The molecule has 1 fully saturated rings. The number of hydrogen-bond acceptors (Lipinski definition) is 2. The molecule has 2 rings (SSSR count). The van der Waals surface area contributed by atoms with Gasteiger partial charge in [0.1, 0.15) is 0 Å². The number of halogens is 1. The van der Waals surface area contributed by atoms with Gasteiger partial charge in [0.15, 0.2) is 0 Å². The highest BCUT2D eigenvalue weighted by atomic mass is 35.5. The van der Waals surface area contributed by atoms with E-state index in [1.165, 1.54) is 24.1 Å². The Kier molecular flexibility index (Phi) is 4.18. The summed E-state index contributed by atoms with van der Waals surface area (Å²) >= 11 is 6.30. The van der Waals surface area contributed by atoms with E-state index in [4.69, 9.17) is 17.3 Å². The van der Waals surface area contributed by atoms with Crippen LogP contribution in [-0.4, -0.2) is 19.6 Å². The van der Waals surface area contributed by atoms with Crippen LogP contribution in [0, 0.1) is 5.41 Å². The first kappa shape index (κ1) is 13.7. The second kappa shape index (κ2) is 5.50. The first-order valence-corrected chi connectivity index (χ1v) is 7.14. The number of anilines is 1. The first-order chi connectivity index (χ1) is 8.53. The molecule has 18 heavy (non-hydrogen) atoms. The Labute approximate surface area is 115 Å². The Balaban J connectivity index is 2.21. The zero-order valence-corrected chi connectivity index (χ0v) is 12.1. The van der Waals surface area contributed by atoms with E-state index in [1.807, 2.05) is 12.1 Å². The number of nitrogens with zero attached hydrogens (tertiary/aromatic N) is 1. The molecule has 1 aromatic rings. The van der Waals surface area contributed by atoms with Gasteiger partial charge in [-0.1, -0.05) is 31.5 Å². The topological polar surface area (TPSA) is 29.3 Å². The second-order valence-corrected chi connectivity index (χ2v) is 6.33. The highest BCUT2D eigenvalue weighted by Crippen LogP contribution is 2.35. The fraction of sp³-hybridized carbons (Fsp3) is 0.600. The molecule has 0 spiro atoms. The molecule has 1 saturated heterocycles. The number of hydrogen-bond donors (Lipinski definition) is 1. The summed E-state index contributed by atoms with van der Waals surface area (Å²) in [4.78, 5) is 2.46. The van der Waals surface area contributed by atoms with Gasteiger partial charge in [-0.15, -0.1) is 0 Å². The van der Waals surface area contributed by atoms with Gasteiger partial charge in [-0.25, -0.2) is 0 Å². The molecular formula is C15H23ClN2. The van der Waals surface area contributed by atoms with Crippen molar-refractivity contribution in [2.75, 3.05) is 24.5 Å². The van der Waals surface area contributed by atoms with Gasteiger partial charge >= 0.3 is 0 Å². The molecule has 0 aliphatic carbocycles. The van der Waals surface area contributed by atoms with E-state index in [-0.39, 0.29) is 0 Å². The number of rotatable bonds is 3. The minimum atomic E-state index is 0.475. The lowest BCUT2D eigenvalue weighted by molar-refractivity contribution is 0.279. The summed E-state index contributed by atoms with van der Waals surface area (Å²) < 4.78 is 0. The Morgan fingerprint density at radius 1 is 1.28 bits per heavy atom. The zero-order valence-electron chi connectivity index (χ0n) is 11.4. The Morgan fingerprint density at radius 2 is 1.94 bits per heavy atom. The van der Waals surface area contributed by atoms with Crippen LogP contribution in [0.1, 0.15) is 32.3 Å². The zero-order chi connectivity index (χ0) is 13.2. The molecular weight excluding hydrogens is 244 g/mol. The van der Waals surface area contributed by atoms with Crippen molar-refractivity contribution in [1.82, 2.24) is 0 Å². The molecule has 1 aliphatic heterocycles. The van der Waals surface area contributed by atoms with Gasteiger partial charge in [0.05, 0.1) is 0 Å². The molecule has 0 radical (unpaired) electrons. The maximum Gasteiger partial charge on any atom is 0.0459 e. The molecule has 0 amide bonds. The van der Waals surface area contributed by atoms with Crippen molar-refractivity contribution >= 4 is 17.3 Å². The molecule has 100 valence electrons. The van der Waals surface area contributed by atoms with Crippen molar-refractivity contribution in [3.05, 3.63) is 28.8 Å². The standard InChI is InChI=1S/C15H23ClN2/c1-15(2)7-10-18(11-8-15)14-5-3-4-13(16)12(14)6-9-17/h3-5H,6-11,17H2,1-2H3. The SMILES string of the molecule is CC1(C)CCN(c2cccc(Cl)c2CCN)CC1. The summed E-state index contributed by atoms with van der Waals surface area (Å²) in [6, 6.07) is 6.18. The normalized spacial score (nSPS) is 19.0. The van der Waals surface area contributed by atoms with E-state index in [0.29, 0.717) is 12.0 Å². The molecule has 1 heterocycles. The lowest BCUT2D eigenvalue weighted by atomic mass is 9.82. The Morgan fingerprint density at radius 3 is 2.56 bits per heavy atom. The third-order valence-corrected chi connectivity index (χ3v) is 4.30. The largest absolute Gasteiger partial charge is 0.371 e. The molecule has 0 saturated carbocycles. The van der Waals surface area contributed by atoms with Crippen LogP contribution < -0.4 is 10.6 Å². The van der Waals surface area contributed by atoms with Crippen LogP contribution in [0.25, 0.3) is 0 Å². The van der Waals surface area contributed by atoms with Crippen molar-refractivity contribution in [3.8, 4) is 0 Å². The van der Waals surface area contributed by atoms with Crippen molar-refractivity contribution in [3.63, 3.8) is 0 Å². The van der Waals surface area contributed by atoms with E-state index in [9.17, 15) is 0 Å². The average molecular weight is 267 g/mol. The lowest BCUT2D eigenvalue weighted by Crippen LogP contribution is -2.37. The maximum atomic E-state index is 6.30. The van der Waals surface area contributed by atoms with Crippen LogP contribution in [0.4, 0.5) is 5.69 Å². The predicted molar refractivity (Wildman–Crippen MR) is 79.4 cm³/mol. The molecule has 0 atom stereocenters. The lowest BCUT2D eigenvalue weighted by Gasteiger charge is -2.39. The number of benzene rings is 1. The molecule has 1 aliphatic rings. The van der Waals surface area contributed by atoms with Crippen molar-refractivity contribution in [2.24, 2.45) is 11.1 Å². The fourth-order valence-electron chi connectivity index (χ4n) is 2.59. The Bertz CT molecular complexity index is 405. The van der Waals surface area contributed by atoms with Gasteiger partial charge in [0, 0.05) is 23.8 Å². The smallest absolute Gasteiger partial charge is 0.0459 e. The summed E-state index contributed by atoms with van der Waals surface area (Å²) in [5.41, 5.74) is 8.66. The minimum absolute atomic E-state index is 0.475. The summed E-state index contributed by atoms with van der Waals surface area (Å²) in [7, 11) is 0. The van der Waals surface area contributed by atoms with Gasteiger partial charge in [0.2, 0.25) is 0 Å². The molecule has 0 bridgehead atoms. The van der Waals surface area contributed by atoms with Crippen LogP contribution in [0.2, 0.25) is 5.02 Å². The highest BCUT2D eigenvalue weighted by Gasteiger charge is 2.26. The van der Waals surface area contributed by atoms with E-state index in [2.05, 4.69) is 24.8 Å². The molecule has 3 heteroatoms. The summed E-state index contributed by atoms with van der Waals surface area (Å²) in [6.07, 6.45) is 3.33. The van der Waals surface area contributed by atoms with Crippen molar-refractivity contribution < 1.29 is 0 Å². The van der Waals surface area contributed by atoms with E-state index in [1.54, 1.807) is 0 Å². The fourth-order valence-corrected chi connectivity index (χ4v) is 2.85. The number of nitrogens with two attached hydrogens (primary N) is 1. The van der Waals surface area contributed by atoms with Crippen molar-refractivity contribution in [2.45, 2.75) is 33.1 Å². The third kappa shape index (κ3) is 2.99. The highest BCUT2D eigenvalue weighted by molar-refractivity contribution is 6.31. The minimum Gasteiger partial charge on any atom is -0.371 e.